The second kappa shape index (κ2) is 8.70. The van der Waals surface area contributed by atoms with Crippen molar-refractivity contribution in [3.63, 3.8) is 0 Å². The number of halogens is 1. The molecule has 8 nitrogen and oxygen atoms in total. The third-order valence-electron chi connectivity index (χ3n) is 5.19. The number of hydrogen-bond donors (Lipinski definition) is 1. The monoisotopic (exact) mass is 478 g/mol. The number of piperidine rings is 1. The number of thiazole rings is 1. The van der Waals surface area contributed by atoms with Gasteiger partial charge in [0.25, 0.3) is 0 Å². The number of hydrogen-bond acceptors (Lipinski definition) is 5. The number of aryl methyl sites for hydroxylation is 1. The van der Waals surface area contributed by atoms with E-state index >= 15 is 0 Å². The van der Waals surface area contributed by atoms with Crippen LogP contribution in [0.3, 0.4) is 0 Å². The molecule has 0 radical (unpaired) electrons. The summed E-state index contributed by atoms with van der Waals surface area (Å²) in [6.07, 6.45) is 3.40. The molecule has 4 rings (SSSR count). The van der Waals surface area contributed by atoms with Crippen molar-refractivity contribution in [1.82, 2.24) is 13.7 Å². The number of aromatic nitrogens is 2. The van der Waals surface area contributed by atoms with Crippen LogP contribution in [0.25, 0.3) is 4.96 Å². The molecule has 1 saturated heterocycles. The molecule has 31 heavy (non-hydrogen) atoms. The number of imidazole rings is 1. The summed E-state index contributed by atoms with van der Waals surface area (Å²) in [4.78, 5) is 14.6. The summed E-state index contributed by atoms with van der Waals surface area (Å²) in [5.41, 5.74) is 8.60. The van der Waals surface area contributed by atoms with Crippen LogP contribution in [-0.4, -0.2) is 52.9 Å². The zero-order valence-electron chi connectivity index (χ0n) is 17.2. The average molecular weight is 479 g/mol. The van der Waals surface area contributed by atoms with Crippen LogP contribution in [0.1, 0.15) is 31.2 Å². The molecular weight excluding hydrogens is 456 g/mol. The standard InChI is InChI=1S/C20H23ClN6O2S2/c1-13(18-14(2)24-20-27(18)10-11-30-20)23-19(22)25-16-4-3-9-26(12-16)31(28,29)17-7-5-15(21)6-8-17/h5-8,10-11,16H,3-4,9,12H2,1-2H3,(H2,22,25)/b23-13+/t16-/m1/s1. The molecule has 0 unspecified atom stereocenters. The predicted molar refractivity (Wildman–Crippen MR) is 125 cm³/mol. The van der Waals surface area contributed by atoms with E-state index in [-0.39, 0.29) is 23.4 Å². The highest BCUT2D eigenvalue weighted by molar-refractivity contribution is 7.89. The van der Waals surface area contributed by atoms with Gasteiger partial charge in [-0.05, 0) is 51.0 Å². The fourth-order valence-electron chi connectivity index (χ4n) is 3.77. The summed E-state index contributed by atoms with van der Waals surface area (Å²) < 4.78 is 29.4. The third kappa shape index (κ3) is 4.52. The Bertz CT molecular complexity index is 1260. The minimum absolute atomic E-state index is 0.137. The topological polar surface area (TPSA) is 105 Å². The maximum atomic E-state index is 13.0. The molecule has 164 valence electrons. The van der Waals surface area contributed by atoms with Gasteiger partial charge in [0, 0.05) is 29.7 Å². The van der Waals surface area contributed by atoms with E-state index < -0.39 is 10.0 Å². The van der Waals surface area contributed by atoms with Gasteiger partial charge in [0.05, 0.1) is 28.0 Å². The Morgan fingerprint density at radius 1 is 1.32 bits per heavy atom. The van der Waals surface area contributed by atoms with Gasteiger partial charge in [-0.1, -0.05) is 11.6 Å². The molecule has 1 aromatic carbocycles. The lowest BCUT2D eigenvalue weighted by atomic mass is 10.1. The van der Waals surface area contributed by atoms with Gasteiger partial charge in [0.15, 0.2) is 4.96 Å². The Morgan fingerprint density at radius 3 is 2.81 bits per heavy atom. The highest BCUT2D eigenvalue weighted by atomic mass is 35.5. The van der Waals surface area contributed by atoms with Crippen molar-refractivity contribution in [2.45, 2.75) is 37.6 Å². The zero-order valence-corrected chi connectivity index (χ0v) is 19.6. The van der Waals surface area contributed by atoms with Gasteiger partial charge in [0.2, 0.25) is 16.0 Å². The molecule has 0 bridgehead atoms. The Kier molecular flexibility index (Phi) is 6.16. The lowest BCUT2D eigenvalue weighted by molar-refractivity contribution is 0.317. The zero-order chi connectivity index (χ0) is 22.2. The van der Waals surface area contributed by atoms with E-state index in [2.05, 4.69) is 15.0 Å². The predicted octanol–water partition coefficient (Wildman–Crippen LogP) is 3.33. The molecule has 0 saturated carbocycles. The van der Waals surface area contributed by atoms with Crippen LogP contribution >= 0.6 is 22.9 Å². The molecule has 1 aliphatic rings. The summed E-state index contributed by atoms with van der Waals surface area (Å²) in [5, 5.41) is 2.46. The number of aliphatic imine (C=N–C) groups is 2. The molecule has 1 fully saturated rings. The van der Waals surface area contributed by atoms with Crippen LogP contribution in [0.2, 0.25) is 5.02 Å². The first kappa shape index (κ1) is 21.9. The van der Waals surface area contributed by atoms with Crippen LogP contribution in [0.4, 0.5) is 0 Å². The average Bonchev–Trinajstić information content (AvgIpc) is 3.28. The number of rotatable bonds is 4. The van der Waals surface area contributed by atoms with Crippen LogP contribution in [0, 0.1) is 6.92 Å². The molecule has 1 atom stereocenters. The highest BCUT2D eigenvalue weighted by Crippen LogP contribution is 2.23. The number of benzene rings is 1. The molecule has 11 heteroatoms. The van der Waals surface area contributed by atoms with Crippen molar-refractivity contribution in [3.8, 4) is 0 Å². The van der Waals surface area contributed by atoms with Crippen molar-refractivity contribution in [2.24, 2.45) is 15.7 Å². The molecule has 2 N–H and O–H groups in total. The van der Waals surface area contributed by atoms with Crippen molar-refractivity contribution in [2.75, 3.05) is 13.1 Å². The van der Waals surface area contributed by atoms with E-state index in [0.717, 1.165) is 22.8 Å². The largest absolute Gasteiger partial charge is 0.368 e. The molecule has 1 aliphatic heterocycles. The van der Waals surface area contributed by atoms with Gasteiger partial charge >= 0.3 is 0 Å². The Morgan fingerprint density at radius 2 is 2.06 bits per heavy atom. The molecular formula is C20H23ClN6O2S2. The first-order valence-electron chi connectivity index (χ1n) is 9.82. The number of nitrogens with two attached hydrogens (primary N) is 1. The van der Waals surface area contributed by atoms with Crippen LogP contribution in [-0.2, 0) is 10.0 Å². The quantitative estimate of drug-likeness (QED) is 0.458. The summed E-state index contributed by atoms with van der Waals surface area (Å²) >= 11 is 7.44. The maximum absolute atomic E-state index is 13.0. The minimum Gasteiger partial charge on any atom is -0.368 e. The van der Waals surface area contributed by atoms with Gasteiger partial charge in [-0.25, -0.2) is 23.4 Å². The molecule has 0 spiro atoms. The van der Waals surface area contributed by atoms with E-state index in [1.807, 2.05) is 29.8 Å². The number of guanidine groups is 1. The lowest BCUT2D eigenvalue weighted by Gasteiger charge is -2.30. The van der Waals surface area contributed by atoms with Gasteiger partial charge < -0.3 is 5.73 Å². The number of fused-ring (bicyclic) bond motifs is 1. The minimum atomic E-state index is -3.61. The van der Waals surface area contributed by atoms with E-state index in [1.54, 1.807) is 23.5 Å². The molecule has 3 aromatic rings. The SMILES string of the molecule is C/C(=N\C(N)=N[C@@H]1CCCN(S(=O)(=O)c2ccc(Cl)cc2)C1)c1c(C)nc2sccn12. The van der Waals surface area contributed by atoms with Gasteiger partial charge in [0.1, 0.15) is 0 Å². The molecule has 3 heterocycles. The van der Waals surface area contributed by atoms with Crippen molar-refractivity contribution < 1.29 is 8.42 Å². The molecule has 0 amide bonds. The Hall–Kier alpha value is -2.27. The smallest absolute Gasteiger partial charge is 0.243 e. The highest BCUT2D eigenvalue weighted by Gasteiger charge is 2.30. The van der Waals surface area contributed by atoms with E-state index in [0.29, 0.717) is 23.7 Å². The third-order valence-corrected chi connectivity index (χ3v) is 8.07. The van der Waals surface area contributed by atoms with Crippen LogP contribution < -0.4 is 5.73 Å². The van der Waals surface area contributed by atoms with Gasteiger partial charge in [-0.2, -0.15) is 4.31 Å². The fraction of sp³-hybridized carbons (Fsp3) is 0.350. The van der Waals surface area contributed by atoms with Crippen molar-refractivity contribution in [1.29, 1.82) is 0 Å². The van der Waals surface area contributed by atoms with Gasteiger partial charge in [-0.3, -0.25) is 4.40 Å². The lowest BCUT2D eigenvalue weighted by Crippen LogP contribution is -2.42. The summed E-state index contributed by atoms with van der Waals surface area (Å²) in [6.45, 7) is 4.52. The van der Waals surface area contributed by atoms with E-state index in [1.165, 1.54) is 16.4 Å². The maximum Gasteiger partial charge on any atom is 0.243 e. The Balaban J connectivity index is 1.53. The Labute approximate surface area is 190 Å². The van der Waals surface area contributed by atoms with Crippen molar-refractivity contribution in [3.05, 3.63) is 52.3 Å². The van der Waals surface area contributed by atoms with Crippen molar-refractivity contribution >= 4 is 49.6 Å². The molecule has 2 aromatic heterocycles. The fourth-order valence-corrected chi connectivity index (χ4v) is 6.17. The first-order valence-corrected chi connectivity index (χ1v) is 12.5. The second-order valence-electron chi connectivity index (χ2n) is 7.40. The summed E-state index contributed by atoms with van der Waals surface area (Å²) in [5.74, 6) is 0.137. The normalized spacial score (nSPS) is 19.3. The summed E-state index contributed by atoms with van der Waals surface area (Å²) in [7, 11) is -3.61. The molecule has 0 aliphatic carbocycles. The first-order chi connectivity index (χ1) is 14.8. The van der Waals surface area contributed by atoms with E-state index in [9.17, 15) is 8.42 Å². The summed E-state index contributed by atoms with van der Waals surface area (Å²) in [6, 6.07) is 5.94. The van der Waals surface area contributed by atoms with Gasteiger partial charge in [-0.15, -0.1) is 11.3 Å². The number of sulfonamides is 1. The van der Waals surface area contributed by atoms with Crippen LogP contribution in [0.5, 0.6) is 0 Å². The second-order valence-corrected chi connectivity index (χ2v) is 10.6. The van der Waals surface area contributed by atoms with Crippen LogP contribution in [0.15, 0.2) is 50.7 Å². The van der Waals surface area contributed by atoms with E-state index in [4.69, 9.17) is 17.3 Å². The number of nitrogens with zero attached hydrogens (tertiary/aromatic N) is 5.